The maximum Gasteiger partial charge on any atom is 0.259 e. The molecule has 1 aliphatic heterocycles. The second-order valence-corrected chi connectivity index (χ2v) is 8.85. The highest BCUT2D eigenvalue weighted by Crippen LogP contribution is 2.41. The molecule has 152 valence electrons. The molecule has 1 amide bonds. The van der Waals surface area contributed by atoms with Crippen LogP contribution >= 0.6 is 0 Å². The van der Waals surface area contributed by atoms with E-state index in [4.69, 9.17) is 0 Å². The molecule has 3 aromatic rings. The van der Waals surface area contributed by atoms with Crippen LogP contribution in [-0.2, 0) is 5.41 Å². The van der Waals surface area contributed by atoms with Gasteiger partial charge in [-0.15, -0.1) is 0 Å². The van der Waals surface area contributed by atoms with Gasteiger partial charge in [-0.3, -0.25) is 14.5 Å². The lowest BCUT2D eigenvalue weighted by molar-refractivity contribution is 0.0914. The molecule has 30 heavy (non-hydrogen) atoms. The molecule has 1 N–H and O–H groups in total. The summed E-state index contributed by atoms with van der Waals surface area (Å²) in [6.45, 7) is 8.14. The number of phenolic OH excluding ortho intramolecular Hbond substituents is 1. The molecule has 1 heterocycles. The number of aryl methyl sites for hydroxylation is 1. The maximum absolute atomic E-state index is 13.8. The van der Waals surface area contributed by atoms with Crippen LogP contribution in [0.5, 0.6) is 5.75 Å². The van der Waals surface area contributed by atoms with Crippen molar-refractivity contribution in [3.05, 3.63) is 94.5 Å². The van der Waals surface area contributed by atoms with Crippen molar-refractivity contribution in [2.45, 2.75) is 39.2 Å². The fraction of sp³-hybridized carbons (Fsp3) is 0.231. The summed E-state index contributed by atoms with van der Waals surface area (Å²) in [5, 5.41) is 10.5. The molecule has 4 heteroatoms. The van der Waals surface area contributed by atoms with Crippen molar-refractivity contribution in [3.8, 4) is 5.75 Å². The molecular weight excluding hydrogens is 374 g/mol. The molecule has 4 rings (SSSR count). The Balaban J connectivity index is 1.87. The Hall–Kier alpha value is -3.40. The van der Waals surface area contributed by atoms with Crippen LogP contribution in [0.2, 0.25) is 0 Å². The zero-order valence-corrected chi connectivity index (χ0v) is 17.6. The van der Waals surface area contributed by atoms with Gasteiger partial charge in [-0.1, -0.05) is 62.7 Å². The molecule has 0 aromatic heterocycles. The number of phenols is 1. The van der Waals surface area contributed by atoms with Crippen molar-refractivity contribution in [2.24, 2.45) is 0 Å². The van der Waals surface area contributed by atoms with E-state index in [0.717, 1.165) is 11.1 Å². The van der Waals surface area contributed by atoms with Gasteiger partial charge in [0.05, 0.1) is 5.56 Å². The lowest BCUT2D eigenvalue weighted by Gasteiger charge is -2.26. The van der Waals surface area contributed by atoms with Crippen LogP contribution in [0.25, 0.3) is 0 Å². The van der Waals surface area contributed by atoms with E-state index in [0.29, 0.717) is 16.8 Å². The third-order valence-electron chi connectivity index (χ3n) is 5.65. The quantitative estimate of drug-likeness (QED) is 0.585. The molecule has 1 atom stereocenters. The smallest absolute Gasteiger partial charge is 0.259 e. The molecular formula is C26H25NO3. The summed E-state index contributed by atoms with van der Waals surface area (Å²) in [5.41, 5.74) is 3.91. The first-order chi connectivity index (χ1) is 14.2. The van der Waals surface area contributed by atoms with Gasteiger partial charge in [0, 0.05) is 11.3 Å². The minimum Gasteiger partial charge on any atom is -0.507 e. The first-order valence-electron chi connectivity index (χ1n) is 10.1. The summed E-state index contributed by atoms with van der Waals surface area (Å²) in [6, 6.07) is 19.1. The molecule has 1 aliphatic rings. The van der Waals surface area contributed by atoms with Crippen molar-refractivity contribution in [1.82, 2.24) is 0 Å². The molecule has 0 radical (unpaired) electrons. The molecule has 0 bridgehead atoms. The summed E-state index contributed by atoms with van der Waals surface area (Å²) in [7, 11) is 0. The lowest BCUT2D eigenvalue weighted by atomic mass is 9.84. The molecule has 0 aliphatic carbocycles. The van der Waals surface area contributed by atoms with Crippen LogP contribution in [-0.4, -0.2) is 16.8 Å². The summed E-state index contributed by atoms with van der Waals surface area (Å²) in [6.07, 6.45) is 0. The Labute approximate surface area is 176 Å². The Morgan fingerprint density at radius 2 is 1.63 bits per heavy atom. The number of anilines is 1. The monoisotopic (exact) mass is 399 g/mol. The van der Waals surface area contributed by atoms with Crippen molar-refractivity contribution >= 4 is 17.4 Å². The van der Waals surface area contributed by atoms with Gasteiger partial charge in [0.25, 0.3) is 5.91 Å². The number of hydrogen-bond acceptors (Lipinski definition) is 3. The van der Waals surface area contributed by atoms with E-state index < -0.39 is 6.04 Å². The first-order valence-corrected chi connectivity index (χ1v) is 10.1. The molecule has 0 spiro atoms. The van der Waals surface area contributed by atoms with Crippen molar-refractivity contribution in [2.75, 3.05) is 4.90 Å². The molecule has 3 aromatic carbocycles. The van der Waals surface area contributed by atoms with Crippen LogP contribution in [0, 0.1) is 6.92 Å². The van der Waals surface area contributed by atoms with Crippen LogP contribution in [0.3, 0.4) is 0 Å². The van der Waals surface area contributed by atoms with E-state index in [-0.39, 0.29) is 28.4 Å². The normalized spacial score (nSPS) is 15.9. The van der Waals surface area contributed by atoms with E-state index in [1.165, 1.54) is 4.90 Å². The fourth-order valence-corrected chi connectivity index (χ4v) is 3.89. The number of Topliss-reactive ketones (excluding diaryl/α,β-unsaturated/α-hetero) is 1. The van der Waals surface area contributed by atoms with E-state index in [1.807, 2.05) is 49.4 Å². The Kier molecular flexibility index (Phi) is 4.73. The molecule has 0 fully saturated rings. The number of amides is 1. The molecule has 0 saturated heterocycles. The number of carbonyl (C=O) groups is 2. The third-order valence-corrected chi connectivity index (χ3v) is 5.65. The lowest BCUT2D eigenvalue weighted by Crippen LogP contribution is -2.33. The van der Waals surface area contributed by atoms with E-state index >= 15 is 0 Å². The highest BCUT2D eigenvalue weighted by atomic mass is 16.3. The second kappa shape index (κ2) is 7.13. The SMILES string of the molecule is Cc1ccc(N2C(=O)c3ccccc3[C@@H]2C(=O)c2cc(C(C)(C)C)ccc2O)cc1. The number of aromatic hydroxyl groups is 1. The average Bonchev–Trinajstić information content (AvgIpc) is 3.00. The second-order valence-electron chi connectivity index (χ2n) is 8.85. The Morgan fingerprint density at radius 3 is 2.30 bits per heavy atom. The maximum atomic E-state index is 13.8. The predicted octanol–water partition coefficient (Wildman–Crippen LogP) is 5.58. The minimum absolute atomic E-state index is 0.0753. The summed E-state index contributed by atoms with van der Waals surface area (Å²) < 4.78 is 0. The number of hydrogen-bond donors (Lipinski definition) is 1. The van der Waals surface area contributed by atoms with Gasteiger partial charge in [-0.25, -0.2) is 0 Å². The summed E-state index contributed by atoms with van der Waals surface area (Å²) in [5.74, 6) is -0.578. The van der Waals surface area contributed by atoms with Gasteiger partial charge in [0.2, 0.25) is 0 Å². The standard InChI is InChI=1S/C26H25NO3/c1-16-9-12-18(13-10-16)27-23(19-7-5-6-8-20(19)25(27)30)24(29)21-15-17(26(2,3)4)11-14-22(21)28/h5-15,23,28H,1-4H3/t23-/m1/s1. The number of fused-ring (bicyclic) bond motifs is 1. The van der Waals surface area contributed by atoms with Gasteiger partial charge >= 0.3 is 0 Å². The average molecular weight is 399 g/mol. The number of rotatable bonds is 3. The highest BCUT2D eigenvalue weighted by molar-refractivity contribution is 6.19. The number of benzene rings is 3. The number of carbonyl (C=O) groups excluding carboxylic acids is 2. The Bertz CT molecular complexity index is 1140. The molecule has 0 unspecified atom stereocenters. The summed E-state index contributed by atoms with van der Waals surface area (Å²) in [4.78, 5) is 28.5. The van der Waals surface area contributed by atoms with Crippen molar-refractivity contribution < 1.29 is 14.7 Å². The number of nitrogens with zero attached hydrogens (tertiary/aromatic N) is 1. The zero-order chi connectivity index (χ0) is 21.6. The van der Waals surface area contributed by atoms with Crippen molar-refractivity contribution in [3.63, 3.8) is 0 Å². The third kappa shape index (κ3) is 3.28. The van der Waals surface area contributed by atoms with Gasteiger partial charge in [0.1, 0.15) is 11.8 Å². The fourth-order valence-electron chi connectivity index (χ4n) is 3.89. The van der Waals surface area contributed by atoms with Crippen LogP contribution < -0.4 is 4.90 Å². The van der Waals surface area contributed by atoms with Gasteiger partial charge < -0.3 is 5.11 Å². The largest absolute Gasteiger partial charge is 0.507 e. The van der Waals surface area contributed by atoms with E-state index in [2.05, 4.69) is 20.8 Å². The zero-order valence-electron chi connectivity index (χ0n) is 17.6. The predicted molar refractivity (Wildman–Crippen MR) is 118 cm³/mol. The van der Waals surface area contributed by atoms with E-state index in [1.54, 1.807) is 24.3 Å². The highest BCUT2D eigenvalue weighted by Gasteiger charge is 2.42. The summed E-state index contributed by atoms with van der Waals surface area (Å²) >= 11 is 0. The van der Waals surface area contributed by atoms with Gasteiger partial charge in [-0.05, 0) is 53.8 Å². The topological polar surface area (TPSA) is 57.6 Å². The van der Waals surface area contributed by atoms with Crippen LogP contribution in [0.1, 0.15) is 64.2 Å². The number of ketones is 1. The minimum atomic E-state index is -0.822. The van der Waals surface area contributed by atoms with Gasteiger partial charge in [-0.2, -0.15) is 0 Å². The van der Waals surface area contributed by atoms with Crippen LogP contribution in [0.4, 0.5) is 5.69 Å². The first kappa shape index (κ1) is 19.9. The van der Waals surface area contributed by atoms with Gasteiger partial charge in [0.15, 0.2) is 5.78 Å². The Morgan fingerprint density at radius 1 is 0.967 bits per heavy atom. The molecule has 4 nitrogen and oxygen atoms in total. The van der Waals surface area contributed by atoms with E-state index in [9.17, 15) is 14.7 Å². The molecule has 0 saturated carbocycles. The van der Waals surface area contributed by atoms with Crippen LogP contribution in [0.15, 0.2) is 66.7 Å². The van der Waals surface area contributed by atoms with Crippen molar-refractivity contribution in [1.29, 1.82) is 0 Å².